The smallest absolute Gasteiger partial charge is 0.245 e. The minimum atomic E-state index is -2.75. The van der Waals surface area contributed by atoms with Crippen molar-refractivity contribution in [3.8, 4) is 0 Å². The third-order valence-electron chi connectivity index (χ3n) is 2.07. The maximum Gasteiger partial charge on any atom is 0.245 e. The lowest BCUT2D eigenvalue weighted by atomic mass is 10.1. The Labute approximate surface area is 113 Å². The van der Waals surface area contributed by atoms with Gasteiger partial charge in [0.25, 0.3) is 0 Å². The predicted octanol–water partition coefficient (Wildman–Crippen LogP) is 4.15. The highest BCUT2D eigenvalue weighted by Crippen LogP contribution is 2.21. The molecule has 0 unspecified atom stereocenters. The normalized spacial score (nSPS) is 11.4. The molecule has 1 N–H and O–H groups in total. The molecule has 0 saturated heterocycles. The third kappa shape index (κ3) is 6.12. The zero-order chi connectivity index (χ0) is 13.8. The molecular weight excluding hydrogens is 285 g/mol. The number of rotatable bonds is 5. The number of amides is 1. The van der Waals surface area contributed by atoms with E-state index >= 15 is 0 Å². The van der Waals surface area contributed by atoms with Crippen LogP contribution in [0.4, 0.5) is 14.5 Å². The fourth-order valence-corrected chi connectivity index (χ4v) is 1.78. The zero-order valence-electron chi connectivity index (χ0n) is 9.64. The van der Waals surface area contributed by atoms with Crippen LogP contribution >= 0.6 is 23.2 Å². The molecule has 0 radical (unpaired) electrons. The highest BCUT2D eigenvalue weighted by Gasteiger charge is 2.20. The number of hydrogen-bond donors (Lipinski definition) is 1. The van der Waals surface area contributed by atoms with Crippen LogP contribution in [0, 0.1) is 0 Å². The Bertz CT molecular complexity index is 415. The number of hydrogen-bond acceptors (Lipinski definition) is 2. The van der Waals surface area contributed by atoms with Crippen LogP contribution in [0.2, 0.25) is 10.3 Å². The minimum Gasteiger partial charge on any atom is -0.326 e. The Morgan fingerprint density at radius 3 is 2.44 bits per heavy atom. The van der Waals surface area contributed by atoms with E-state index in [1.165, 1.54) is 12.1 Å². The summed E-state index contributed by atoms with van der Waals surface area (Å²) in [5.74, 6) is -3.11. The van der Waals surface area contributed by atoms with Crippen molar-refractivity contribution in [3.05, 3.63) is 22.4 Å². The van der Waals surface area contributed by atoms with Gasteiger partial charge in [-0.25, -0.2) is 13.8 Å². The van der Waals surface area contributed by atoms with Gasteiger partial charge in [0.05, 0.1) is 0 Å². The van der Waals surface area contributed by atoms with Gasteiger partial charge in [0, 0.05) is 18.5 Å². The first-order valence-corrected chi connectivity index (χ1v) is 6.03. The van der Waals surface area contributed by atoms with Gasteiger partial charge in [-0.2, -0.15) is 0 Å². The molecule has 1 aromatic rings. The molecule has 1 heterocycles. The van der Waals surface area contributed by atoms with Crippen molar-refractivity contribution in [2.45, 2.75) is 32.1 Å². The van der Waals surface area contributed by atoms with E-state index in [9.17, 15) is 13.6 Å². The van der Waals surface area contributed by atoms with Crippen molar-refractivity contribution in [2.75, 3.05) is 5.32 Å². The van der Waals surface area contributed by atoms with Gasteiger partial charge in [-0.15, -0.1) is 0 Å². The van der Waals surface area contributed by atoms with Gasteiger partial charge in [0.15, 0.2) is 0 Å². The summed E-state index contributed by atoms with van der Waals surface area (Å²) >= 11 is 11.3. The van der Waals surface area contributed by atoms with Crippen molar-refractivity contribution in [3.63, 3.8) is 0 Å². The zero-order valence-corrected chi connectivity index (χ0v) is 11.2. The van der Waals surface area contributed by atoms with Gasteiger partial charge < -0.3 is 5.32 Å². The summed E-state index contributed by atoms with van der Waals surface area (Å²) < 4.78 is 25.1. The largest absolute Gasteiger partial charge is 0.326 e. The number of nitrogens with zero attached hydrogens (tertiary/aromatic N) is 1. The van der Waals surface area contributed by atoms with Crippen molar-refractivity contribution in [2.24, 2.45) is 0 Å². The van der Waals surface area contributed by atoms with Crippen LogP contribution in [-0.2, 0) is 4.79 Å². The van der Waals surface area contributed by atoms with Crippen LogP contribution in [0.3, 0.4) is 0 Å². The van der Waals surface area contributed by atoms with Crippen LogP contribution in [-0.4, -0.2) is 16.8 Å². The Balaban J connectivity index is 2.45. The minimum absolute atomic E-state index is 0.0149. The van der Waals surface area contributed by atoms with Gasteiger partial charge in [0.1, 0.15) is 10.3 Å². The Hall–Kier alpha value is -0.940. The second kappa shape index (κ2) is 6.29. The molecule has 100 valence electrons. The van der Waals surface area contributed by atoms with Gasteiger partial charge in [-0.05, 0) is 25.5 Å². The fraction of sp³-hybridized carbons (Fsp3) is 0.455. The highest BCUT2D eigenvalue weighted by atomic mass is 35.5. The first-order chi connectivity index (χ1) is 8.26. The van der Waals surface area contributed by atoms with E-state index in [1.54, 1.807) is 0 Å². The summed E-state index contributed by atoms with van der Waals surface area (Å²) in [6.07, 6.45) is -0.193. The van der Waals surface area contributed by atoms with Gasteiger partial charge >= 0.3 is 0 Å². The summed E-state index contributed by atoms with van der Waals surface area (Å²) in [6, 6.07) is 2.86. The molecule has 18 heavy (non-hydrogen) atoms. The summed E-state index contributed by atoms with van der Waals surface area (Å²) in [6.45, 7) is 0.827. The number of alkyl halides is 2. The molecule has 0 aromatic carbocycles. The Kier molecular flexibility index (Phi) is 5.28. The summed E-state index contributed by atoms with van der Waals surface area (Å²) in [5, 5.41) is 2.82. The highest BCUT2D eigenvalue weighted by molar-refractivity contribution is 6.32. The van der Waals surface area contributed by atoms with Crippen LogP contribution < -0.4 is 5.32 Å². The van der Waals surface area contributed by atoms with Crippen LogP contribution in [0.25, 0.3) is 0 Å². The molecule has 0 fully saturated rings. The first kappa shape index (κ1) is 15.1. The quantitative estimate of drug-likeness (QED) is 0.829. The summed E-state index contributed by atoms with van der Waals surface area (Å²) in [4.78, 5) is 15.2. The van der Waals surface area contributed by atoms with E-state index in [4.69, 9.17) is 23.2 Å². The van der Waals surface area contributed by atoms with E-state index in [0.717, 1.165) is 6.92 Å². The number of halogens is 4. The topological polar surface area (TPSA) is 42.0 Å². The maximum atomic E-state index is 12.5. The number of nitrogens with one attached hydrogen (secondary N) is 1. The number of carbonyl (C=O) groups excluding carboxylic acids is 1. The second-order valence-electron chi connectivity index (χ2n) is 3.97. The molecule has 1 amide bonds. The molecule has 0 aliphatic carbocycles. The van der Waals surface area contributed by atoms with Gasteiger partial charge in [0.2, 0.25) is 11.8 Å². The molecule has 0 saturated carbocycles. The summed E-state index contributed by atoms with van der Waals surface area (Å²) in [5.41, 5.74) is 0.397. The van der Waals surface area contributed by atoms with E-state index in [-0.39, 0.29) is 35.5 Å². The van der Waals surface area contributed by atoms with Gasteiger partial charge in [-0.1, -0.05) is 23.2 Å². The van der Waals surface area contributed by atoms with E-state index in [0.29, 0.717) is 5.69 Å². The monoisotopic (exact) mass is 296 g/mol. The SMILES string of the molecule is CC(F)(F)CCCC(=O)Nc1cc(Cl)nc(Cl)c1. The molecule has 0 spiro atoms. The maximum absolute atomic E-state index is 12.5. The third-order valence-corrected chi connectivity index (χ3v) is 2.45. The summed E-state index contributed by atoms with van der Waals surface area (Å²) in [7, 11) is 0. The number of pyridine rings is 1. The molecule has 1 rings (SSSR count). The lowest BCUT2D eigenvalue weighted by Crippen LogP contribution is -2.14. The van der Waals surface area contributed by atoms with Crippen molar-refractivity contribution in [1.29, 1.82) is 0 Å². The fourth-order valence-electron chi connectivity index (χ4n) is 1.32. The van der Waals surface area contributed by atoms with E-state index in [2.05, 4.69) is 10.3 Å². The molecule has 3 nitrogen and oxygen atoms in total. The Morgan fingerprint density at radius 1 is 1.39 bits per heavy atom. The average Bonchev–Trinajstić information content (AvgIpc) is 2.12. The lowest BCUT2D eigenvalue weighted by molar-refractivity contribution is -0.116. The van der Waals surface area contributed by atoms with Gasteiger partial charge in [-0.3, -0.25) is 4.79 Å². The lowest BCUT2D eigenvalue weighted by Gasteiger charge is -2.09. The standard InChI is InChI=1S/C11H12Cl2F2N2O/c1-11(14,15)4-2-3-10(18)16-7-5-8(12)17-9(13)6-7/h5-6H,2-4H2,1H3,(H,16,17,18). The first-order valence-electron chi connectivity index (χ1n) is 5.27. The number of carbonyl (C=O) groups is 1. The molecular formula is C11H12Cl2F2N2O. The second-order valence-corrected chi connectivity index (χ2v) is 4.75. The molecule has 7 heteroatoms. The predicted molar refractivity (Wildman–Crippen MR) is 67.4 cm³/mol. The number of aromatic nitrogens is 1. The number of anilines is 1. The van der Waals surface area contributed by atoms with Crippen LogP contribution in [0.5, 0.6) is 0 Å². The molecule has 1 aromatic heterocycles. The Morgan fingerprint density at radius 2 is 1.94 bits per heavy atom. The molecule has 0 aliphatic heterocycles. The van der Waals surface area contributed by atoms with E-state index in [1.807, 2.05) is 0 Å². The molecule has 0 atom stereocenters. The molecule has 0 aliphatic rings. The van der Waals surface area contributed by atoms with Crippen molar-refractivity contribution in [1.82, 2.24) is 4.98 Å². The van der Waals surface area contributed by atoms with Crippen LogP contribution in [0.1, 0.15) is 26.2 Å². The average molecular weight is 297 g/mol. The van der Waals surface area contributed by atoms with Crippen molar-refractivity contribution >= 4 is 34.8 Å². The van der Waals surface area contributed by atoms with E-state index < -0.39 is 5.92 Å². The molecule has 0 bridgehead atoms. The van der Waals surface area contributed by atoms with Crippen LogP contribution in [0.15, 0.2) is 12.1 Å². The van der Waals surface area contributed by atoms with Crippen molar-refractivity contribution < 1.29 is 13.6 Å².